The first-order valence-electron chi connectivity index (χ1n) is 10.1. The molecule has 1 aromatic carbocycles. The van der Waals surface area contributed by atoms with Crippen molar-refractivity contribution in [1.82, 2.24) is 25.4 Å². The van der Waals surface area contributed by atoms with Crippen LogP contribution in [0.15, 0.2) is 53.8 Å². The Kier molecular flexibility index (Phi) is 9.29. The van der Waals surface area contributed by atoms with Gasteiger partial charge in [0.05, 0.1) is 17.9 Å². The lowest BCUT2D eigenvalue weighted by Gasteiger charge is -2.13. The molecule has 0 aliphatic rings. The van der Waals surface area contributed by atoms with Crippen molar-refractivity contribution in [1.29, 1.82) is 0 Å². The van der Waals surface area contributed by atoms with E-state index < -0.39 is 0 Å². The predicted molar refractivity (Wildman–Crippen MR) is 134 cm³/mol. The molecule has 2 N–H and O–H groups in total. The predicted octanol–water partition coefficient (Wildman–Crippen LogP) is 4.11. The minimum atomic E-state index is 0. The van der Waals surface area contributed by atoms with Crippen LogP contribution in [0.1, 0.15) is 35.0 Å². The van der Waals surface area contributed by atoms with Crippen molar-refractivity contribution >= 4 is 29.9 Å². The standard InChI is InChI=1S/C23H30N6.HI/c1-5-25-23(26-13-11-20-10-12-24-15-17(20)2)27-16-21-8-6-7-9-22(21)29-19(4)14-18(3)28-29;/h6-10,12,14-15H,5,11,13,16H2,1-4H3,(H2,25,26,27);1H. The molecule has 160 valence electrons. The number of para-hydroxylation sites is 1. The highest BCUT2D eigenvalue weighted by Gasteiger charge is 2.09. The quantitative estimate of drug-likeness (QED) is 0.281. The third-order valence-corrected chi connectivity index (χ3v) is 4.80. The van der Waals surface area contributed by atoms with E-state index in [0.717, 1.165) is 48.1 Å². The number of aliphatic imine (C=N–C) groups is 1. The number of nitrogens with zero attached hydrogens (tertiary/aromatic N) is 4. The van der Waals surface area contributed by atoms with E-state index in [0.29, 0.717) is 6.54 Å². The number of pyridine rings is 1. The van der Waals surface area contributed by atoms with E-state index in [1.54, 1.807) is 0 Å². The number of aromatic nitrogens is 3. The van der Waals surface area contributed by atoms with Crippen molar-refractivity contribution in [3.8, 4) is 5.69 Å². The third kappa shape index (κ3) is 6.29. The molecule has 0 amide bonds. The van der Waals surface area contributed by atoms with E-state index in [9.17, 15) is 0 Å². The summed E-state index contributed by atoms with van der Waals surface area (Å²) in [6.07, 6.45) is 4.68. The Labute approximate surface area is 196 Å². The van der Waals surface area contributed by atoms with E-state index in [2.05, 4.69) is 65.8 Å². The normalized spacial score (nSPS) is 11.1. The topological polar surface area (TPSA) is 67.1 Å². The Balaban J connectivity index is 0.00000320. The van der Waals surface area contributed by atoms with E-state index in [4.69, 9.17) is 4.99 Å². The number of hydrogen-bond acceptors (Lipinski definition) is 3. The molecule has 0 atom stereocenters. The number of nitrogens with one attached hydrogen (secondary N) is 2. The van der Waals surface area contributed by atoms with Gasteiger partial charge in [0.15, 0.2) is 5.96 Å². The minimum Gasteiger partial charge on any atom is -0.357 e. The van der Waals surface area contributed by atoms with Crippen molar-refractivity contribution < 1.29 is 0 Å². The average Bonchev–Trinajstić information content (AvgIpc) is 3.05. The van der Waals surface area contributed by atoms with Crippen LogP contribution < -0.4 is 10.6 Å². The summed E-state index contributed by atoms with van der Waals surface area (Å²) in [5.41, 5.74) is 6.87. The van der Waals surface area contributed by atoms with Crippen LogP contribution >= 0.6 is 24.0 Å². The molecule has 0 saturated heterocycles. The second-order valence-corrected chi connectivity index (χ2v) is 7.14. The van der Waals surface area contributed by atoms with E-state index in [-0.39, 0.29) is 24.0 Å². The van der Waals surface area contributed by atoms with Crippen LogP contribution in [0.5, 0.6) is 0 Å². The fourth-order valence-electron chi connectivity index (χ4n) is 3.33. The molecule has 3 rings (SSSR count). The van der Waals surface area contributed by atoms with Gasteiger partial charge in [0.2, 0.25) is 0 Å². The highest BCUT2D eigenvalue weighted by atomic mass is 127. The summed E-state index contributed by atoms with van der Waals surface area (Å²) in [7, 11) is 0. The molecule has 0 aliphatic heterocycles. The molecule has 0 saturated carbocycles. The molecule has 0 fully saturated rings. The van der Waals surface area contributed by atoms with Crippen LogP contribution in [0.2, 0.25) is 0 Å². The van der Waals surface area contributed by atoms with E-state index in [1.807, 2.05) is 36.1 Å². The summed E-state index contributed by atoms with van der Waals surface area (Å²) in [5.74, 6) is 0.822. The van der Waals surface area contributed by atoms with Gasteiger partial charge in [-0.05, 0) is 69.0 Å². The second-order valence-electron chi connectivity index (χ2n) is 7.14. The Bertz CT molecular complexity index is 979. The first-order valence-corrected chi connectivity index (χ1v) is 10.1. The molecule has 6 nitrogen and oxygen atoms in total. The zero-order valence-electron chi connectivity index (χ0n) is 18.1. The van der Waals surface area contributed by atoms with E-state index >= 15 is 0 Å². The van der Waals surface area contributed by atoms with Gasteiger partial charge >= 0.3 is 0 Å². The Morgan fingerprint density at radius 2 is 1.87 bits per heavy atom. The maximum atomic E-state index is 4.80. The first-order chi connectivity index (χ1) is 14.1. The van der Waals surface area contributed by atoms with Crippen molar-refractivity contribution in [2.75, 3.05) is 13.1 Å². The van der Waals surface area contributed by atoms with Gasteiger partial charge < -0.3 is 10.6 Å². The van der Waals surface area contributed by atoms with Crippen molar-refractivity contribution in [2.45, 2.75) is 40.7 Å². The fourth-order valence-corrected chi connectivity index (χ4v) is 3.33. The maximum absolute atomic E-state index is 4.80. The summed E-state index contributed by atoms with van der Waals surface area (Å²) in [4.78, 5) is 8.96. The number of aryl methyl sites for hydroxylation is 3. The summed E-state index contributed by atoms with van der Waals surface area (Å²) >= 11 is 0. The van der Waals surface area contributed by atoms with E-state index in [1.165, 1.54) is 11.1 Å². The molecule has 0 unspecified atom stereocenters. The van der Waals surface area contributed by atoms with Crippen LogP contribution in [-0.2, 0) is 13.0 Å². The Morgan fingerprint density at radius 3 is 2.57 bits per heavy atom. The minimum absolute atomic E-state index is 0. The highest BCUT2D eigenvalue weighted by Crippen LogP contribution is 2.17. The lowest BCUT2D eigenvalue weighted by molar-refractivity contribution is 0.789. The SMILES string of the molecule is CCNC(=NCc1ccccc1-n1nc(C)cc1C)NCCc1ccncc1C.I. The molecule has 0 bridgehead atoms. The zero-order chi connectivity index (χ0) is 20.6. The molecule has 7 heteroatoms. The average molecular weight is 518 g/mol. The van der Waals surface area contributed by atoms with Crippen LogP contribution in [0.4, 0.5) is 0 Å². The molecule has 30 heavy (non-hydrogen) atoms. The van der Waals surface area contributed by atoms with Crippen LogP contribution in [0.3, 0.4) is 0 Å². The van der Waals surface area contributed by atoms with Crippen LogP contribution in [0, 0.1) is 20.8 Å². The summed E-state index contributed by atoms with van der Waals surface area (Å²) in [6.45, 7) is 10.5. The van der Waals surface area contributed by atoms with Crippen LogP contribution in [0.25, 0.3) is 5.69 Å². The summed E-state index contributed by atoms with van der Waals surface area (Å²) in [6, 6.07) is 12.5. The van der Waals surface area contributed by atoms with Gasteiger partial charge in [-0.15, -0.1) is 24.0 Å². The van der Waals surface area contributed by atoms with Crippen molar-refractivity contribution in [3.05, 3.63) is 76.9 Å². The zero-order valence-corrected chi connectivity index (χ0v) is 20.5. The number of halogens is 1. The maximum Gasteiger partial charge on any atom is 0.191 e. The fraction of sp³-hybridized carbons (Fsp3) is 0.348. The van der Waals surface area contributed by atoms with Crippen molar-refractivity contribution in [3.63, 3.8) is 0 Å². The van der Waals surface area contributed by atoms with Crippen molar-refractivity contribution in [2.24, 2.45) is 4.99 Å². The largest absolute Gasteiger partial charge is 0.357 e. The second kappa shape index (κ2) is 11.7. The lowest BCUT2D eigenvalue weighted by Crippen LogP contribution is -2.38. The molecule has 2 aromatic heterocycles. The number of guanidine groups is 1. The lowest BCUT2D eigenvalue weighted by atomic mass is 10.1. The van der Waals surface area contributed by atoms with Gasteiger partial charge in [-0.3, -0.25) is 4.98 Å². The molecule has 0 aliphatic carbocycles. The molecule has 2 heterocycles. The van der Waals surface area contributed by atoms with Gasteiger partial charge in [-0.1, -0.05) is 18.2 Å². The Morgan fingerprint density at radius 1 is 1.07 bits per heavy atom. The van der Waals surface area contributed by atoms with Gasteiger partial charge in [-0.25, -0.2) is 9.67 Å². The molecule has 0 radical (unpaired) electrons. The smallest absolute Gasteiger partial charge is 0.191 e. The summed E-state index contributed by atoms with van der Waals surface area (Å²) < 4.78 is 1.99. The van der Waals surface area contributed by atoms with Gasteiger partial charge in [-0.2, -0.15) is 5.10 Å². The van der Waals surface area contributed by atoms with Gasteiger partial charge in [0, 0.05) is 31.2 Å². The number of rotatable bonds is 7. The third-order valence-electron chi connectivity index (χ3n) is 4.80. The Hall–Kier alpha value is -2.42. The molecule has 3 aromatic rings. The number of benzene rings is 1. The van der Waals surface area contributed by atoms with Gasteiger partial charge in [0.1, 0.15) is 0 Å². The monoisotopic (exact) mass is 518 g/mol. The highest BCUT2D eigenvalue weighted by molar-refractivity contribution is 14.0. The molecular formula is C23H31IN6. The molecule has 0 spiro atoms. The summed E-state index contributed by atoms with van der Waals surface area (Å²) in [5, 5.41) is 11.4. The molecular weight excluding hydrogens is 487 g/mol. The van der Waals surface area contributed by atoms with Crippen LogP contribution in [-0.4, -0.2) is 33.8 Å². The van der Waals surface area contributed by atoms with Gasteiger partial charge in [0.25, 0.3) is 0 Å². The first kappa shape index (κ1) is 23.9. The number of hydrogen-bond donors (Lipinski definition) is 2.